The van der Waals surface area contributed by atoms with Gasteiger partial charge in [0.2, 0.25) is 0 Å². The average molecular weight is 273 g/mol. The summed E-state index contributed by atoms with van der Waals surface area (Å²) in [4.78, 5) is 0. The van der Waals surface area contributed by atoms with Gasteiger partial charge in [0.15, 0.2) is 0 Å². The van der Waals surface area contributed by atoms with E-state index in [2.05, 4.69) is 0 Å². The van der Waals surface area contributed by atoms with E-state index in [1.807, 2.05) is 30.3 Å². The second kappa shape index (κ2) is 6.45. The van der Waals surface area contributed by atoms with Crippen LogP contribution in [0.15, 0.2) is 30.3 Å². The average Bonchev–Trinajstić information content (AvgIpc) is 2.44. The molecule has 0 aliphatic heterocycles. The van der Waals surface area contributed by atoms with Gasteiger partial charge in [-0.3, -0.25) is 9.05 Å². The van der Waals surface area contributed by atoms with Gasteiger partial charge in [-0.15, -0.1) is 0 Å². The fourth-order valence-corrected chi connectivity index (χ4v) is 2.92. The maximum atomic E-state index is 12.2. The SMILES string of the molecule is COP(=O)(OC)N(C)C(C)C(O)c1ccccc1. The highest BCUT2D eigenvalue weighted by molar-refractivity contribution is 7.51. The molecule has 0 radical (unpaired) electrons. The van der Waals surface area contributed by atoms with Crippen LogP contribution in [0.4, 0.5) is 0 Å². The Kier molecular flexibility index (Phi) is 5.50. The number of aliphatic hydroxyl groups is 1. The first kappa shape index (κ1) is 15.3. The number of hydrogen-bond acceptors (Lipinski definition) is 4. The van der Waals surface area contributed by atoms with E-state index >= 15 is 0 Å². The zero-order valence-electron chi connectivity index (χ0n) is 11.1. The van der Waals surface area contributed by atoms with Crippen molar-refractivity contribution >= 4 is 7.75 Å². The molecule has 1 aromatic carbocycles. The molecular weight excluding hydrogens is 253 g/mol. The van der Waals surface area contributed by atoms with Crippen molar-refractivity contribution in [3.63, 3.8) is 0 Å². The number of hydrogen-bond donors (Lipinski definition) is 1. The Morgan fingerprint density at radius 3 is 2.17 bits per heavy atom. The van der Waals surface area contributed by atoms with Crippen molar-refractivity contribution < 1.29 is 18.7 Å². The predicted octanol–water partition coefficient (Wildman–Crippen LogP) is 2.44. The highest BCUT2D eigenvalue weighted by atomic mass is 31.2. The monoisotopic (exact) mass is 273 g/mol. The number of likely N-dealkylation sites (N-methyl/N-ethyl adjacent to an activating group) is 1. The molecular formula is C12H20NO4P. The lowest BCUT2D eigenvalue weighted by molar-refractivity contribution is 0.0880. The van der Waals surface area contributed by atoms with Crippen LogP contribution in [0.5, 0.6) is 0 Å². The molecule has 0 bridgehead atoms. The van der Waals surface area contributed by atoms with E-state index in [-0.39, 0.29) is 0 Å². The van der Waals surface area contributed by atoms with Gasteiger partial charge in [0.05, 0.1) is 6.10 Å². The quantitative estimate of drug-likeness (QED) is 0.807. The summed E-state index contributed by atoms with van der Waals surface area (Å²) >= 11 is 0. The summed E-state index contributed by atoms with van der Waals surface area (Å²) in [6.45, 7) is 1.77. The van der Waals surface area contributed by atoms with Gasteiger partial charge in [-0.25, -0.2) is 9.24 Å². The van der Waals surface area contributed by atoms with Gasteiger partial charge in [-0.1, -0.05) is 30.3 Å². The second-order valence-corrected chi connectivity index (χ2v) is 6.30. The third kappa shape index (κ3) is 3.19. The van der Waals surface area contributed by atoms with Crippen molar-refractivity contribution in [2.75, 3.05) is 21.3 Å². The number of nitrogens with zero attached hydrogens (tertiary/aromatic N) is 1. The lowest BCUT2D eigenvalue weighted by Gasteiger charge is -2.32. The van der Waals surface area contributed by atoms with Crippen LogP contribution in [0.2, 0.25) is 0 Å². The highest BCUT2D eigenvalue weighted by Gasteiger charge is 2.35. The molecule has 0 aromatic heterocycles. The van der Waals surface area contributed by atoms with Crippen molar-refractivity contribution in [1.82, 2.24) is 4.67 Å². The van der Waals surface area contributed by atoms with E-state index < -0.39 is 19.9 Å². The minimum atomic E-state index is -3.33. The molecule has 18 heavy (non-hydrogen) atoms. The molecule has 0 aliphatic rings. The van der Waals surface area contributed by atoms with E-state index in [0.29, 0.717) is 0 Å². The summed E-state index contributed by atoms with van der Waals surface area (Å²) in [5.41, 5.74) is 0.760. The van der Waals surface area contributed by atoms with Gasteiger partial charge >= 0.3 is 7.75 Å². The van der Waals surface area contributed by atoms with Crippen LogP contribution in [0.25, 0.3) is 0 Å². The molecule has 0 heterocycles. The van der Waals surface area contributed by atoms with Gasteiger partial charge < -0.3 is 5.11 Å². The molecule has 1 aromatic rings. The largest absolute Gasteiger partial charge is 0.407 e. The smallest absolute Gasteiger partial charge is 0.387 e. The zero-order chi connectivity index (χ0) is 13.8. The predicted molar refractivity (Wildman–Crippen MR) is 70.3 cm³/mol. The summed E-state index contributed by atoms with van der Waals surface area (Å²) in [5.74, 6) is 0. The summed E-state index contributed by atoms with van der Waals surface area (Å²) < 4.78 is 23.4. The summed E-state index contributed by atoms with van der Waals surface area (Å²) in [7, 11) is 0.916. The van der Waals surface area contributed by atoms with Gasteiger partial charge in [-0.2, -0.15) is 0 Å². The Hall–Kier alpha value is -0.710. The van der Waals surface area contributed by atoms with Gasteiger partial charge in [-0.05, 0) is 19.5 Å². The molecule has 2 unspecified atom stereocenters. The fourth-order valence-electron chi connectivity index (χ4n) is 1.69. The normalized spacial score (nSPS) is 15.7. The van der Waals surface area contributed by atoms with Gasteiger partial charge in [0.1, 0.15) is 0 Å². The summed E-state index contributed by atoms with van der Waals surface area (Å²) in [6.07, 6.45) is -0.769. The van der Waals surface area contributed by atoms with E-state index in [0.717, 1.165) is 5.56 Å². The topological polar surface area (TPSA) is 59.0 Å². The second-order valence-electron chi connectivity index (χ2n) is 4.00. The maximum Gasteiger partial charge on any atom is 0.407 e. The molecule has 5 nitrogen and oxygen atoms in total. The Morgan fingerprint density at radius 2 is 1.72 bits per heavy atom. The van der Waals surface area contributed by atoms with Crippen molar-refractivity contribution in [1.29, 1.82) is 0 Å². The van der Waals surface area contributed by atoms with Crippen LogP contribution in [0.1, 0.15) is 18.6 Å². The van der Waals surface area contributed by atoms with Crippen LogP contribution >= 0.6 is 7.75 Å². The number of benzene rings is 1. The first-order chi connectivity index (χ1) is 8.46. The van der Waals surface area contributed by atoms with Crippen LogP contribution in [0.3, 0.4) is 0 Å². The van der Waals surface area contributed by atoms with Gasteiger partial charge in [0.25, 0.3) is 0 Å². The molecule has 6 heteroatoms. The lowest BCUT2D eigenvalue weighted by Crippen LogP contribution is -2.32. The number of rotatable bonds is 6. The lowest BCUT2D eigenvalue weighted by atomic mass is 10.0. The van der Waals surface area contributed by atoms with Crippen LogP contribution in [0, 0.1) is 0 Å². The third-order valence-electron chi connectivity index (χ3n) is 3.04. The molecule has 0 aliphatic carbocycles. The van der Waals surface area contributed by atoms with E-state index in [4.69, 9.17) is 9.05 Å². The van der Waals surface area contributed by atoms with Crippen molar-refractivity contribution in [3.05, 3.63) is 35.9 Å². The Balaban J connectivity index is 2.87. The zero-order valence-corrected chi connectivity index (χ0v) is 12.0. The van der Waals surface area contributed by atoms with Crippen LogP contribution in [-0.4, -0.2) is 37.1 Å². The Labute approximate surface area is 108 Å². The molecule has 102 valence electrons. The molecule has 1 N–H and O–H groups in total. The van der Waals surface area contributed by atoms with Crippen molar-refractivity contribution in [2.45, 2.75) is 19.1 Å². The first-order valence-corrected chi connectivity index (χ1v) is 7.13. The minimum Gasteiger partial charge on any atom is -0.387 e. The first-order valence-electron chi connectivity index (χ1n) is 5.64. The molecule has 0 amide bonds. The van der Waals surface area contributed by atoms with E-state index in [9.17, 15) is 9.67 Å². The molecule has 0 fully saturated rings. The maximum absolute atomic E-state index is 12.2. The third-order valence-corrected chi connectivity index (χ3v) is 5.10. The molecule has 2 atom stereocenters. The molecule has 0 saturated carbocycles. The molecule has 0 saturated heterocycles. The molecule has 1 rings (SSSR count). The van der Waals surface area contributed by atoms with Crippen molar-refractivity contribution in [3.8, 4) is 0 Å². The summed E-state index contributed by atoms with van der Waals surface area (Å²) in [6, 6.07) is 8.80. The van der Waals surface area contributed by atoms with E-state index in [1.54, 1.807) is 14.0 Å². The number of aliphatic hydroxyl groups excluding tert-OH is 1. The summed E-state index contributed by atoms with van der Waals surface area (Å²) in [5, 5.41) is 10.2. The van der Waals surface area contributed by atoms with Gasteiger partial charge in [0, 0.05) is 20.3 Å². The minimum absolute atomic E-state index is 0.405. The Bertz CT molecular complexity index is 404. The Morgan fingerprint density at radius 1 is 1.22 bits per heavy atom. The van der Waals surface area contributed by atoms with Crippen LogP contribution < -0.4 is 0 Å². The van der Waals surface area contributed by atoms with Crippen molar-refractivity contribution in [2.24, 2.45) is 0 Å². The van der Waals surface area contributed by atoms with E-state index in [1.165, 1.54) is 18.9 Å². The van der Waals surface area contributed by atoms with Crippen LogP contribution in [-0.2, 0) is 13.6 Å². The molecule has 0 spiro atoms. The highest BCUT2D eigenvalue weighted by Crippen LogP contribution is 2.51. The standard InChI is InChI=1S/C12H20NO4P/c1-10(13(2)18(15,16-3)17-4)12(14)11-8-6-5-7-9-11/h5-10,12,14H,1-4H3. The fraction of sp³-hybridized carbons (Fsp3) is 0.500.